The fourth-order valence-corrected chi connectivity index (χ4v) is 8.09. The van der Waals surface area contributed by atoms with Crippen LogP contribution in [-0.4, -0.2) is 104 Å². The third-order valence-corrected chi connectivity index (χ3v) is 10.7. The van der Waals surface area contributed by atoms with Gasteiger partial charge in [-0.15, -0.1) is 35.3 Å². The lowest BCUT2D eigenvalue weighted by atomic mass is 10.0. The molecule has 0 radical (unpaired) electrons. The summed E-state index contributed by atoms with van der Waals surface area (Å²) < 4.78 is 1.67. The first-order valence-electron chi connectivity index (χ1n) is 13.0. The van der Waals surface area contributed by atoms with E-state index in [4.69, 9.17) is 33.4 Å². The van der Waals surface area contributed by atoms with E-state index >= 15 is 0 Å². The Labute approximate surface area is 270 Å². The van der Waals surface area contributed by atoms with Gasteiger partial charge in [-0.1, -0.05) is 23.2 Å². The molecule has 1 aromatic heterocycles. The smallest absolute Gasteiger partial charge is 0.352 e. The number of carboxylic acids is 1. The molecule has 1 fully saturated rings. The Kier molecular flexibility index (Phi) is 12.1. The second kappa shape index (κ2) is 15.5. The summed E-state index contributed by atoms with van der Waals surface area (Å²) in [5.74, 6) is -1.56. The average molecular weight is 689 g/mol. The molecule has 2 aromatic rings. The topological polar surface area (TPSA) is 151 Å². The van der Waals surface area contributed by atoms with Crippen LogP contribution in [-0.2, 0) is 25.7 Å². The zero-order valence-corrected chi connectivity index (χ0v) is 26.6. The minimum absolute atomic E-state index is 0.0135. The number of aliphatic hydroxyl groups is 2. The maximum absolute atomic E-state index is 13.0. The minimum Gasteiger partial charge on any atom is -0.477 e. The van der Waals surface area contributed by atoms with Gasteiger partial charge < -0.3 is 25.5 Å². The van der Waals surface area contributed by atoms with E-state index in [1.165, 1.54) is 45.1 Å². The predicted octanol–water partition coefficient (Wildman–Crippen LogP) is 1.72. The Morgan fingerprint density at radius 2 is 1.79 bits per heavy atom. The number of aromatic nitrogens is 1. The number of pyridine rings is 1. The molecule has 16 heteroatoms. The van der Waals surface area contributed by atoms with E-state index in [1.54, 1.807) is 47.3 Å². The number of nitrogens with zero attached hydrogens (tertiary/aromatic N) is 3. The number of β-lactam (4-membered cyclic amide) rings is 1. The van der Waals surface area contributed by atoms with Gasteiger partial charge in [-0.05, 0) is 23.8 Å². The van der Waals surface area contributed by atoms with Crippen LogP contribution in [0, 0.1) is 0 Å². The summed E-state index contributed by atoms with van der Waals surface area (Å²) in [6.07, 6.45) is 3.44. The quantitative estimate of drug-likeness (QED) is 0.131. The molecule has 2 aliphatic rings. The molecule has 3 amide bonds. The van der Waals surface area contributed by atoms with Gasteiger partial charge in [0.15, 0.2) is 12.4 Å². The highest BCUT2D eigenvalue weighted by Crippen LogP contribution is 2.41. The first kappa shape index (κ1) is 33.4. The number of carbonyl (C=O) groups excluding carboxylic acids is 3. The highest BCUT2D eigenvalue weighted by molar-refractivity contribution is 8.01. The van der Waals surface area contributed by atoms with Gasteiger partial charge in [0.05, 0.1) is 24.0 Å². The van der Waals surface area contributed by atoms with Crippen LogP contribution in [0.5, 0.6) is 0 Å². The maximum atomic E-state index is 13.0. The zero-order valence-electron chi connectivity index (χ0n) is 22.6. The van der Waals surface area contributed by atoms with E-state index in [2.05, 4.69) is 5.32 Å². The summed E-state index contributed by atoms with van der Waals surface area (Å²) in [5, 5.41) is 31.4. The van der Waals surface area contributed by atoms with Crippen LogP contribution >= 0.6 is 58.5 Å². The summed E-state index contributed by atoms with van der Waals surface area (Å²) in [6.45, 7) is -0.0783. The zero-order chi connectivity index (χ0) is 31.1. The molecule has 4 N–H and O–H groups in total. The van der Waals surface area contributed by atoms with Crippen LogP contribution in [0.2, 0.25) is 10.0 Å². The Balaban J connectivity index is 1.33. The fraction of sp³-hybridized carbons (Fsp3) is 0.370. The molecule has 2 atom stereocenters. The first-order valence-corrected chi connectivity index (χ1v) is 16.8. The first-order chi connectivity index (χ1) is 20.6. The van der Waals surface area contributed by atoms with Crippen LogP contribution in [0.1, 0.15) is 0 Å². The van der Waals surface area contributed by atoms with Crippen molar-refractivity contribution in [3.05, 3.63) is 64.0 Å². The van der Waals surface area contributed by atoms with E-state index < -0.39 is 23.3 Å². The van der Waals surface area contributed by atoms with E-state index in [1.807, 2.05) is 0 Å². The van der Waals surface area contributed by atoms with Gasteiger partial charge in [0, 0.05) is 51.5 Å². The molecule has 0 unspecified atom stereocenters. The van der Waals surface area contributed by atoms with Crippen LogP contribution in [0.3, 0.4) is 0 Å². The number of halogens is 2. The van der Waals surface area contributed by atoms with Gasteiger partial charge in [-0.2, -0.15) is 4.57 Å². The molecule has 0 bridgehead atoms. The number of rotatable bonds is 14. The Bertz CT molecular complexity index is 1410. The number of aliphatic carboxylic acids is 1. The molecule has 4 rings (SSSR count). The lowest BCUT2D eigenvalue weighted by Gasteiger charge is -2.49. The van der Waals surface area contributed by atoms with Crippen LogP contribution in [0.25, 0.3) is 0 Å². The van der Waals surface area contributed by atoms with Crippen molar-refractivity contribution < 1.29 is 39.1 Å². The van der Waals surface area contributed by atoms with Crippen LogP contribution < -0.4 is 9.88 Å². The van der Waals surface area contributed by atoms with Crippen molar-refractivity contribution in [1.82, 2.24) is 15.1 Å². The van der Waals surface area contributed by atoms with Gasteiger partial charge in [0.2, 0.25) is 12.5 Å². The van der Waals surface area contributed by atoms with Crippen LogP contribution in [0.15, 0.2) is 63.8 Å². The van der Waals surface area contributed by atoms with Crippen molar-refractivity contribution in [1.29, 1.82) is 0 Å². The summed E-state index contributed by atoms with van der Waals surface area (Å²) in [5.41, 5.74) is 0.537. The second-order valence-corrected chi connectivity index (χ2v) is 13.4. The molecule has 0 saturated carbocycles. The minimum atomic E-state index is -1.20. The third kappa shape index (κ3) is 8.38. The number of benzene rings is 1. The van der Waals surface area contributed by atoms with E-state index in [0.717, 1.165) is 4.90 Å². The Morgan fingerprint density at radius 1 is 1.09 bits per heavy atom. The number of thioether (sulfide) groups is 3. The van der Waals surface area contributed by atoms with Crippen molar-refractivity contribution >= 4 is 82.2 Å². The number of aliphatic hydroxyl groups excluding tert-OH is 2. The van der Waals surface area contributed by atoms with Crippen molar-refractivity contribution in [2.75, 3.05) is 43.6 Å². The van der Waals surface area contributed by atoms with Crippen molar-refractivity contribution in [2.24, 2.45) is 0 Å². The number of nitrogens with one attached hydrogen (secondary N) is 1. The summed E-state index contributed by atoms with van der Waals surface area (Å²) in [7, 11) is 0. The standard InChI is InChI=1S/C27H28Cl2N4O7S3/c28-17-1-2-19(29)20(11-17)42-15-21(36)30-23-25(38)33-24(27(39)40)16(14-43-26(23)33)13-41-18-3-5-31(6-4-18)12-22(37)32(7-9-34)8-10-35/h1-6,11,23,26,34-35H,7-10,12-15H2,(H-,30,36,39,40)/p+1/t23-,26+/m0/s1. The lowest BCUT2D eigenvalue weighted by molar-refractivity contribution is -0.685. The monoisotopic (exact) mass is 687 g/mol. The number of fused-ring (bicyclic) bond motifs is 1. The van der Waals surface area contributed by atoms with Gasteiger partial charge >= 0.3 is 5.97 Å². The summed E-state index contributed by atoms with van der Waals surface area (Å²) >= 11 is 16.1. The number of hydrogen-bond acceptors (Lipinski definition) is 9. The lowest BCUT2D eigenvalue weighted by Crippen LogP contribution is -2.70. The highest BCUT2D eigenvalue weighted by atomic mass is 35.5. The normalized spacial score (nSPS) is 17.8. The van der Waals surface area contributed by atoms with Gasteiger partial charge in [-0.25, -0.2) is 4.79 Å². The van der Waals surface area contributed by atoms with E-state index in [9.17, 15) is 24.3 Å². The molecule has 11 nitrogen and oxygen atoms in total. The molecule has 1 aromatic carbocycles. The summed E-state index contributed by atoms with van der Waals surface area (Å²) in [4.78, 5) is 54.3. The fourth-order valence-electron chi connectivity index (χ4n) is 4.42. The van der Waals surface area contributed by atoms with Gasteiger partial charge in [-0.3, -0.25) is 19.3 Å². The van der Waals surface area contributed by atoms with E-state index in [0.29, 0.717) is 32.0 Å². The predicted molar refractivity (Wildman–Crippen MR) is 165 cm³/mol. The number of hydrogen-bond donors (Lipinski definition) is 4. The molecule has 1 saturated heterocycles. The molecule has 0 aliphatic carbocycles. The average Bonchev–Trinajstić information content (AvgIpc) is 2.99. The second-order valence-electron chi connectivity index (χ2n) is 9.40. The van der Waals surface area contributed by atoms with E-state index in [-0.39, 0.29) is 56.1 Å². The number of carbonyl (C=O) groups is 4. The molecule has 2 aliphatic heterocycles. The summed E-state index contributed by atoms with van der Waals surface area (Å²) in [6, 6.07) is 7.71. The largest absolute Gasteiger partial charge is 0.477 e. The van der Waals surface area contributed by atoms with Gasteiger partial charge in [0.25, 0.3) is 11.8 Å². The molecular weight excluding hydrogens is 659 g/mol. The third-order valence-electron chi connectivity index (χ3n) is 6.50. The molecule has 0 spiro atoms. The Morgan fingerprint density at radius 3 is 2.44 bits per heavy atom. The van der Waals surface area contributed by atoms with Crippen molar-refractivity contribution in [2.45, 2.75) is 27.8 Å². The van der Waals surface area contributed by atoms with Crippen molar-refractivity contribution in [3.63, 3.8) is 0 Å². The number of amides is 3. The Hall–Kier alpha value is -2.46. The molecule has 230 valence electrons. The molecule has 43 heavy (non-hydrogen) atoms. The van der Waals surface area contributed by atoms with Gasteiger partial charge in [0.1, 0.15) is 17.1 Å². The molecular formula is C27H29Cl2N4O7S3+. The van der Waals surface area contributed by atoms with Crippen molar-refractivity contribution in [3.8, 4) is 0 Å². The SMILES string of the molecule is O=C(CSc1cc(Cl)ccc1Cl)N[C@H]1C(=O)N2C(C(=O)O)=C(CSc3cc[n+](CC(=O)N(CCO)CCO)cc3)CS[C@H]12. The maximum Gasteiger partial charge on any atom is 0.352 e. The number of carboxylic acid groups (broad SMARTS) is 1. The van der Waals surface area contributed by atoms with Crippen LogP contribution in [0.4, 0.5) is 0 Å². The molecule has 3 heterocycles. The highest BCUT2D eigenvalue weighted by Gasteiger charge is 2.54.